The molecule has 5 heteroatoms. The fraction of sp³-hybridized carbons (Fsp3) is 0.579. The van der Waals surface area contributed by atoms with E-state index in [9.17, 15) is 14.0 Å². The highest BCUT2D eigenvalue weighted by atomic mass is 19.1. The Morgan fingerprint density at radius 1 is 1.21 bits per heavy atom. The molecule has 1 heterocycles. The van der Waals surface area contributed by atoms with Crippen LogP contribution in [0.25, 0.3) is 0 Å². The van der Waals surface area contributed by atoms with Crippen molar-refractivity contribution in [1.29, 1.82) is 0 Å². The van der Waals surface area contributed by atoms with Crippen LogP contribution in [-0.2, 0) is 16.1 Å². The Balaban J connectivity index is 1.80. The molecule has 2 rings (SSSR count). The molecule has 4 nitrogen and oxygen atoms in total. The number of halogens is 1. The first-order chi connectivity index (χ1) is 11.6. The summed E-state index contributed by atoms with van der Waals surface area (Å²) in [5.74, 6) is -0.138. The Morgan fingerprint density at radius 2 is 1.83 bits per heavy atom. The van der Waals surface area contributed by atoms with Gasteiger partial charge in [-0.05, 0) is 31.7 Å². The number of rotatable bonds is 6. The number of hydrogen-bond donors (Lipinski definition) is 1. The van der Waals surface area contributed by atoms with Gasteiger partial charge in [-0.3, -0.25) is 9.59 Å². The molecule has 0 atom stereocenters. The van der Waals surface area contributed by atoms with E-state index in [-0.39, 0.29) is 36.0 Å². The predicted molar refractivity (Wildman–Crippen MR) is 91.6 cm³/mol. The molecule has 1 aromatic rings. The first-order valence-electron chi connectivity index (χ1n) is 8.86. The number of nitrogens with zero attached hydrogens (tertiary/aromatic N) is 1. The van der Waals surface area contributed by atoms with E-state index in [2.05, 4.69) is 5.32 Å². The van der Waals surface area contributed by atoms with E-state index >= 15 is 0 Å². The lowest BCUT2D eigenvalue weighted by Crippen LogP contribution is -2.44. The number of carbonyl (C=O) groups is 2. The average Bonchev–Trinajstić information content (AvgIpc) is 2.62. The molecular weight excluding hydrogens is 307 g/mol. The maximum absolute atomic E-state index is 13.6. The molecule has 24 heavy (non-hydrogen) atoms. The van der Waals surface area contributed by atoms with Crippen LogP contribution < -0.4 is 5.32 Å². The molecule has 1 saturated heterocycles. The van der Waals surface area contributed by atoms with Crippen LogP contribution in [0, 0.1) is 17.7 Å². The van der Waals surface area contributed by atoms with Crippen LogP contribution >= 0.6 is 0 Å². The molecule has 0 aliphatic carbocycles. The zero-order valence-corrected chi connectivity index (χ0v) is 14.6. The summed E-state index contributed by atoms with van der Waals surface area (Å²) in [5.41, 5.74) is 0.493. The van der Waals surface area contributed by atoms with Gasteiger partial charge in [-0.1, -0.05) is 32.0 Å². The highest BCUT2D eigenvalue weighted by Gasteiger charge is 2.29. The molecule has 0 unspecified atom stereocenters. The summed E-state index contributed by atoms with van der Waals surface area (Å²) in [6.07, 6.45) is 3.07. The van der Waals surface area contributed by atoms with Crippen molar-refractivity contribution in [3.8, 4) is 0 Å². The van der Waals surface area contributed by atoms with Gasteiger partial charge in [0.1, 0.15) is 5.82 Å². The monoisotopic (exact) mass is 334 g/mol. The molecule has 1 fully saturated rings. The molecule has 0 saturated carbocycles. The van der Waals surface area contributed by atoms with E-state index in [1.54, 1.807) is 18.2 Å². The lowest BCUT2D eigenvalue weighted by molar-refractivity contribution is -0.139. The van der Waals surface area contributed by atoms with Crippen molar-refractivity contribution in [2.45, 2.75) is 46.1 Å². The summed E-state index contributed by atoms with van der Waals surface area (Å²) < 4.78 is 13.6. The van der Waals surface area contributed by atoms with Crippen LogP contribution in [0.5, 0.6) is 0 Å². The molecule has 1 N–H and O–H groups in total. The van der Waals surface area contributed by atoms with Crippen LogP contribution in [-0.4, -0.2) is 29.8 Å². The number of hydrogen-bond acceptors (Lipinski definition) is 2. The van der Waals surface area contributed by atoms with E-state index in [0.717, 1.165) is 12.8 Å². The largest absolute Gasteiger partial charge is 0.352 e. The fourth-order valence-corrected chi connectivity index (χ4v) is 3.23. The molecule has 2 amide bonds. The zero-order valence-electron chi connectivity index (χ0n) is 14.6. The van der Waals surface area contributed by atoms with Gasteiger partial charge in [0.2, 0.25) is 11.8 Å². The van der Waals surface area contributed by atoms with Gasteiger partial charge in [0.25, 0.3) is 0 Å². The molecule has 1 aromatic carbocycles. The molecule has 1 aliphatic rings. The Bertz CT molecular complexity index is 564. The minimum Gasteiger partial charge on any atom is -0.352 e. The Morgan fingerprint density at radius 3 is 2.42 bits per heavy atom. The lowest BCUT2D eigenvalue weighted by Gasteiger charge is -2.33. The summed E-state index contributed by atoms with van der Waals surface area (Å²) in [7, 11) is 0. The average molecular weight is 334 g/mol. The van der Waals surface area contributed by atoms with Gasteiger partial charge < -0.3 is 10.2 Å². The van der Waals surface area contributed by atoms with Crippen LogP contribution in [0.2, 0.25) is 0 Å². The number of benzene rings is 1. The quantitative estimate of drug-likeness (QED) is 0.869. The summed E-state index contributed by atoms with van der Waals surface area (Å²) in [6.45, 7) is 5.54. The van der Waals surface area contributed by atoms with E-state index in [1.165, 1.54) is 6.07 Å². The van der Waals surface area contributed by atoms with Crippen molar-refractivity contribution < 1.29 is 14.0 Å². The van der Waals surface area contributed by atoms with E-state index in [1.807, 2.05) is 18.7 Å². The van der Waals surface area contributed by atoms with Gasteiger partial charge in [0.05, 0.1) is 0 Å². The number of carbonyl (C=O) groups excluding carboxylic acids is 2. The number of nitrogens with one attached hydrogen (secondary N) is 1. The normalized spacial score (nSPS) is 15.6. The van der Waals surface area contributed by atoms with E-state index < -0.39 is 0 Å². The molecular formula is C19H27FN2O2. The highest BCUT2D eigenvalue weighted by Crippen LogP contribution is 2.21. The van der Waals surface area contributed by atoms with Crippen molar-refractivity contribution in [3.05, 3.63) is 35.6 Å². The Labute approximate surface area is 143 Å². The molecule has 132 valence electrons. The third-order valence-corrected chi connectivity index (χ3v) is 4.92. The van der Waals surface area contributed by atoms with Crippen LogP contribution in [0.15, 0.2) is 24.3 Å². The summed E-state index contributed by atoms with van der Waals surface area (Å²) >= 11 is 0. The fourth-order valence-electron chi connectivity index (χ4n) is 3.23. The maximum atomic E-state index is 13.6. The second-order valence-corrected chi connectivity index (χ2v) is 6.42. The highest BCUT2D eigenvalue weighted by molar-refractivity contribution is 5.81. The molecule has 0 spiro atoms. The van der Waals surface area contributed by atoms with Gasteiger partial charge in [0, 0.05) is 37.0 Å². The van der Waals surface area contributed by atoms with Gasteiger partial charge in [-0.2, -0.15) is 0 Å². The van der Waals surface area contributed by atoms with Crippen LogP contribution in [0.4, 0.5) is 4.39 Å². The lowest BCUT2D eigenvalue weighted by atomic mass is 9.93. The van der Waals surface area contributed by atoms with Gasteiger partial charge in [-0.25, -0.2) is 4.39 Å². The smallest absolute Gasteiger partial charge is 0.225 e. The number of amides is 2. The van der Waals surface area contributed by atoms with Crippen molar-refractivity contribution in [1.82, 2.24) is 10.2 Å². The third-order valence-electron chi connectivity index (χ3n) is 4.92. The minimum atomic E-state index is -0.302. The molecule has 0 aromatic heterocycles. The third kappa shape index (κ3) is 4.56. The van der Waals surface area contributed by atoms with Crippen molar-refractivity contribution in [2.24, 2.45) is 11.8 Å². The van der Waals surface area contributed by atoms with Crippen molar-refractivity contribution >= 4 is 11.8 Å². The minimum absolute atomic E-state index is 0.0483. The van der Waals surface area contributed by atoms with E-state index in [0.29, 0.717) is 31.5 Å². The Hall–Kier alpha value is -1.91. The summed E-state index contributed by atoms with van der Waals surface area (Å²) in [4.78, 5) is 26.5. The summed E-state index contributed by atoms with van der Waals surface area (Å²) in [6, 6.07) is 6.45. The topological polar surface area (TPSA) is 49.4 Å². The van der Waals surface area contributed by atoms with E-state index in [4.69, 9.17) is 0 Å². The SMILES string of the molecule is CCC(CC)C(=O)N1CCC(C(=O)NCc2ccccc2F)CC1. The molecule has 1 aliphatic heterocycles. The number of likely N-dealkylation sites (tertiary alicyclic amines) is 1. The molecule has 0 bridgehead atoms. The van der Waals surface area contributed by atoms with Gasteiger partial charge in [0.15, 0.2) is 0 Å². The second kappa shape index (κ2) is 8.81. The summed E-state index contributed by atoms with van der Waals surface area (Å²) in [5, 5.41) is 2.82. The number of piperidine rings is 1. The first-order valence-corrected chi connectivity index (χ1v) is 8.86. The predicted octanol–water partition coefficient (Wildman–Crippen LogP) is 3.12. The standard InChI is InChI=1S/C19H27FN2O2/c1-3-14(4-2)19(24)22-11-9-15(10-12-22)18(23)21-13-16-7-5-6-8-17(16)20/h5-8,14-15H,3-4,9-13H2,1-2H3,(H,21,23). The van der Waals surface area contributed by atoms with Crippen LogP contribution in [0.1, 0.15) is 45.1 Å². The van der Waals surface area contributed by atoms with Crippen molar-refractivity contribution in [3.63, 3.8) is 0 Å². The maximum Gasteiger partial charge on any atom is 0.225 e. The Kier molecular flexibility index (Phi) is 6.76. The molecule has 0 radical (unpaired) electrons. The van der Waals surface area contributed by atoms with Crippen molar-refractivity contribution in [2.75, 3.05) is 13.1 Å². The second-order valence-electron chi connectivity index (χ2n) is 6.42. The zero-order chi connectivity index (χ0) is 17.5. The van der Waals surface area contributed by atoms with Crippen LogP contribution in [0.3, 0.4) is 0 Å². The van der Waals surface area contributed by atoms with Gasteiger partial charge in [-0.15, -0.1) is 0 Å². The first kappa shape index (κ1) is 18.4. The van der Waals surface area contributed by atoms with Gasteiger partial charge >= 0.3 is 0 Å².